The second kappa shape index (κ2) is 9.71. The second-order valence-electron chi connectivity index (χ2n) is 7.59. The number of likely N-dealkylation sites (N-methyl/N-ethyl adjacent to an activating group) is 1. The van der Waals surface area contributed by atoms with Crippen molar-refractivity contribution < 1.29 is 14.4 Å². The first kappa shape index (κ1) is 21.1. The van der Waals surface area contributed by atoms with Crippen molar-refractivity contribution in [2.45, 2.75) is 20.0 Å². The van der Waals surface area contributed by atoms with Crippen molar-refractivity contribution in [1.29, 1.82) is 0 Å². The van der Waals surface area contributed by atoms with Gasteiger partial charge >= 0.3 is 0 Å². The summed E-state index contributed by atoms with van der Waals surface area (Å²) in [6.45, 7) is 8.36. The van der Waals surface area contributed by atoms with E-state index in [2.05, 4.69) is 34.7 Å². The molecule has 3 N–H and O–H groups in total. The highest BCUT2D eigenvalue weighted by atomic mass is 32.1. The molecule has 3 rings (SSSR count). The van der Waals surface area contributed by atoms with Crippen LogP contribution in [0.25, 0.3) is 0 Å². The van der Waals surface area contributed by atoms with E-state index in [0.29, 0.717) is 5.56 Å². The molecule has 1 heterocycles. The van der Waals surface area contributed by atoms with Gasteiger partial charge in [-0.3, -0.25) is 10.1 Å². The minimum absolute atomic E-state index is 0.0928. The number of carbonyl (C=O) groups excluding carboxylic acids is 1. The molecular weight excluding hydrogens is 384 g/mol. The van der Waals surface area contributed by atoms with Crippen LogP contribution in [0.15, 0.2) is 48.5 Å². The van der Waals surface area contributed by atoms with Gasteiger partial charge < -0.3 is 19.9 Å². The van der Waals surface area contributed by atoms with Gasteiger partial charge in [-0.1, -0.05) is 0 Å². The monoisotopic (exact) mass is 413 g/mol. The van der Waals surface area contributed by atoms with Crippen LogP contribution in [0.5, 0.6) is 5.75 Å². The van der Waals surface area contributed by atoms with Gasteiger partial charge in [0.15, 0.2) is 5.11 Å². The summed E-state index contributed by atoms with van der Waals surface area (Å²) < 4.78 is 5.59. The first-order valence-corrected chi connectivity index (χ1v) is 10.4. The zero-order valence-corrected chi connectivity index (χ0v) is 18.0. The highest BCUT2D eigenvalue weighted by Crippen LogP contribution is 2.18. The molecule has 1 aliphatic heterocycles. The zero-order chi connectivity index (χ0) is 20.8. The molecule has 1 aliphatic rings. The van der Waals surface area contributed by atoms with Crippen molar-refractivity contribution in [3.63, 3.8) is 0 Å². The average molecular weight is 414 g/mol. The molecule has 0 bridgehead atoms. The van der Waals surface area contributed by atoms with E-state index in [1.165, 1.54) is 5.69 Å². The molecule has 0 aliphatic carbocycles. The number of hydrogen-bond donors (Lipinski definition) is 3. The largest absolute Gasteiger partial charge is 0.491 e. The van der Waals surface area contributed by atoms with Crippen LogP contribution in [0.2, 0.25) is 0 Å². The Morgan fingerprint density at radius 3 is 2.28 bits per heavy atom. The van der Waals surface area contributed by atoms with E-state index in [1.807, 2.05) is 26.0 Å². The lowest BCUT2D eigenvalue weighted by atomic mass is 10.2. The van der Waals surface area contributed by atoms with E-state index in [9.17, 15) is 4.79 Å². The smallest absolute Gasteiger partial charge is 0.257 e. The van der Waals surface area contributed by atoms with Gasteiger partial charge in [0.2, 0.25) is 0 Å². The standard InChI is InChI=1S/C22H28N4O2S/c1-16(2)28-20-10-4-17(5-11-20)21(27)24-22(29)23-18-6-8-19(9-7-18)26-14-12-25(3)13-15-26/h4-11,16H,12-15H2,1-3H3,(H2,23,24,27,29)/p+1. The molecular formula is C22H29N4O2S+. The van der Waals surface area contributed by atoms with Gasteiger partial charge in [0.25, 0.3) is 5.91 Å². The number of quaternary nitrogens is 1. The maximum Gasteiger partial charge on any atom is 0.257 e. The molecule has 29 heavy (non-hydrogen) atoms. The first-order valence-electron chi connectivity index (χ1n) is 9.96. The third-order valence-corrected chi connectivity index (χ3v) is 5.03. The molecule has 1 fully saturated rings. The van der Waals surface area contributed by atoms with Gasteiger partial charge in [-0.2, -0.15) is 0 Å². The fourth-order valence-electron chi connectivity index (χ4n) is 3.20. The van der Waals surface area contributed by atoms with Crippen molar-refractivity contribution in [1.82, 2.24) is 5.32 Å². The molecule has 0 aromatic heterocycles. The SMILES string of the molecule is CC(C)Oc1ccc(C(=O)NC(=S)Nc2ccc(N3CC[NH+](C)CC3)cc2)cc1. The van der Waals surface area contributed by atoms with E-state index >= 15 is 0 Å². The van der Waals surface area contributed by atoms with Crippen molar-refractivity contribution in [3.05, 3.63) is 54.1 Å². The quantitative estimate of drug-likeness (QED) is 0.654. The van der Waals surface area contributed by atoms with Crippen LogP contribution in [0.3, 0.4) is 0 Å². The van der Waals surface area contributed by atoms with Crippen molar-refractivity contribution in [3.8, 4) is 5.75 Å². The minimum Gasteiger partial charge on any atom is -0.491 e. The Balaban J connectivity index is 1.51. The average Bonchev–Trinajstić information content (AvgIpc) is 2.69. The molecule has 0 radical (unpaired) electrons. The Hall–Kier alpha value is -2.64. The van der Waals surface area contributed by atoms with E-state index in [1.54, 1.807) is 29.2 Å². The molecule has 0 saturated carbocycles. The molecule has 1 amide bonds. The van der Waals surface area contributed by atoms with Crippen molar-refractivity contribution >= 4 is 34.6 Å². The number of piperazine rings is 1. The number of hydrogen-bond acceptors (Lipinski definition) is 4. The summed E-state index contributed by atoms with van der Waals surface area (Å²) in [4.78, 5) is 16.3. The number of carbonyl (C=O) groups is 1. The fraction of sp³-hybridized carbons (Fsp3) is 0.364. The summed E-state index contributed by atoms with van der Waals surface area (Å²) in [7, 11) is 2.23. The van der Waals surface area contributed by atoms with Gasteiger partial charge in [0, 0.05) is 16.9 Å². The number of rotatable bonds is 5. The summed E-state index contributed by atoms with van der Waals surface area (Å²) >= 11 is 5.29. The second-order valence-corrected chi connectivity index (χ2v) is 8.00. The normalized spacial score (nSPS) is 14.6. The Labute approximate surface area is 177 Å². The number of ether oxygens (including phenoxy) is 1. The molecule has 2 aromatic rings. The van der Waals surface area contributed by atoms with Crippen LogP contribution in [0, 0.1) is 0 Å². The third-order valence-electron chi connectivity index (χ3n) is 4.82. The van der Waals surface area contributed by atoms with Crippen LogP contribution < -0.4 is 25.2 Å². The summed E-state index contributed by atoms with van der Waals surface area (Å²) in [5.74, 6) is 0.481. The molecule has 7 heteroatoms. The fourth-order valence-corrected chi connectivity index (χ4v) is 3.41. The highest BCUT2D eigenvalue weighted by molar-refractivity contribution is 7.80. The van der Waals surface area contributed by atoms with Gasteiger partial charge in [-0.15, -0.1) is 0 Å². The minimum atomic E-state index is -0.254. The van der Waals surface area contributed by atoms with E-state index < -0.39 is 0 Å². The van der Waals surface area contributed by atoms with Crippen molar-refractivity contribution in [2.24, 2.45) is 0 Å². The highest BCUT2D eigenvalue weighted by Gasteiger charge is 2.16. The maximum absolute atomic E-state index is 12.4. The number of thiocarbonyl (C=S) groups is 1. The topological polar surface area (TPSA) is 58.0 Å². The predicted molar refractivity (Wildman–Crippen MR) is 121 cm³/mol. The first-order chi connectivity index (χ1) is 13.9. The van der Waals surface area contributed by atoms with Gasteiger partial charge in [0.1, 0.15) is 5.75 Å². The van der Waals surface area contributed by atoms with Crippen LogP contribution in [-0.4, -0.2) is 50.4 Å². The molecule has 0 atom stereocenters. The Kier molecular flexibility index (Phi) is 7.06. The number of nitrogens with zero attached hydrogens (tertiary/aromatic N) is 1. The molecule has 0 unspecified atom stereocenters. The number of nitrogens with one attached hydrogen (secondary N) is 3. The zero-order valence-electron chi connectivity index (χ0n) is 17.2. The number of benzene rings is 2. The summed E-state index contributed by atoms with van der Waals surface area (Å²) in [5.41, 5.74) is 2.58. The van der Waals surface area contributed by atoms with Crippen LogP contribution in [0.4, 0.5) is 11.4 Å². The number of amides is 1. The van der Waals surface area contributed by atoms with Crippen LogP contribution >= 0.6 is 12.2 Å². The molecule has 0 spiro atoms. The Morgan fingerprint density at radius 2 is 1.69 bits per heavy atom. The molecule has 1 saturated heterocycles. The molecule has 2 aromatic carbocycles. The van der Waals surface area contributed by atoms with Crippen LogP contribution in [-0.2, 0) is 0 Å². The maximum atomic E-state index is 12.4. The summed E-state index contributed by atoms with van der Waals surface area (Å²) in [5, 5.41) is 6.06. The predicted octanol–water partition coefficient (Wildman–Crippen LogP) is 1.94. The van der Waals surface area contributed by atoms with Crippen LogP contribution in [0.1, 0.15) is 24.2 Å². The lowest BCUT2D eigenvalue weighted by molar-refractivity contribution is -0.880. The van der Waals surface area contributed by atoms with Gasteiger partial charge in [0.05, 0.1) is 39.3 Å². The summed E-state index contributed by atoms with van der Waals surface area (Å²) in [6, 6.07) is 15.1. The summed E-state index contributed by atoms with van der Waals surface area (Å²) in [6.07, 6.45) is 0.0928. The van der Waals surface area contributed by atoms with E-state index in [-0.39, 0.29) is 17.1 Å². The van der Waals surface area contributed by atoms with Gasteiger partial charge in [-0.05, 0) is 74.6 Å². The van der Waals surface area contributed by atoms with Gasteiger partial charge in [-0.25, -0.2) is 0 Å². The molecule has 154 valence electrons. The Morgan fingerprint density at radius 1 is 1.07 bits per heavy atom. The lowest BCUT2D eigenvalue weighted by Gasteiger charge is -2.31. The van der Waals surface area contributed by atoms with E-state index in [0.717, 1.165) is 37.6 Å². The van der Waals surface area contributed by atoms with E-state index in [4.69, 9.17) is 17.0 Å². The molecule has 6 nitrogen and oxygen atoms in total. The third kappa shape index (κ3) is 6.17. The van der Waals surface area contributed by atoms with Crippen molar-refractivity contribution in [2.75, 3.05) is 43.4 Å². The lowest BCUT2D eigenvalue weighted by Crippen LogP contribution is -3.12. The Bertz CT molecular complexity index is 829. The number of anilines is 2.